The van der Waals surface area contributed by atoms with Crippen LogP contribution in [0, 0.1) is 0 Å². The van der Waals surface area contributed by atoms with E-state index in [2.05, 4.69) is 0 Å². The summed E-state index contributed by atoms with van der Waals surface area (Å²) in [5.74, 6) is -0.312. The quantitative estimate of drug-likeness (QED) is 0.666. The minimum absolute atomic E-state index is 0.0704. The lowest BCUT2D eigenvalue weighted by Gasteiger charge is -2.26. The third-order valence-electron chi connectivity index (χ3n) is 5.29. The normalized spacial score (nSPS) is 12.4. The first-order valence-electron chi connectivity index (χ1n) is 9.58. The van der Waals surface area contributed by atoms with Crippen molar-refractivity contribution in [2.75, 3.05) is 12.0 Å². The molecule has 1 N–H and O–H groups in total. The summed E-state index contributed by atoms with van der Waals surface area (Å²) in [6, 6.07) is 18.4. The van der Waals surface area contributed by atoms with Crippen LogP contribution in [-0.4, -0.2) is 24.1 Å². The number of hydrogen-bond acceptors (Lipinski definition) is 3. The smallest absolute Gasteiger partial charge is 0.336 e. The van der Waals surface area contributed by atoms with Gasteiger partial charge in [0.2, 0.25) is 5.91 Å². The van der Waals surface area contributed by atoms with E-state index in [9.17, 15) is 14.7 Å². The Labute approximate surface area is 174 Å². The molecule has 0 spiro atoms. The zero-order valence-corrected chi connectivity index (χ0v) is 16.8. The van der Waals surface area contributed by atoms with Crippen molar-refractivity contribution in [3.8, 4) is 16.9 Å². The lowest BCUT2D eigenvalue weighted by atomic mass is 9.94. The molecule has 1 aliphatic heterocycles. The topological polar surface area (TPSA) is 66.8 Å². The summed E-state index contributed by atoms with van der Waals surface area (Å²) >= 11 is 0. The fourth-order valence-electron chi connectivity index (χ4n) is 3.75. The first kappa shape index (κ1) is 19.5. The van der Waals surface area contributed by atoms with Gasteiger partial charge in [0, 0.05) is 12.5 Å². The van der Waals surface area contributed by atoms with E-state index in [1.807, 2.05) is 54.6 Å². The Morgan fingerprint density at radius 2 is 1.73 bits per heavy atom. The molecule has 3 aromatic carbocycles. The number of fused-ring (bicyclic) bond motifs is 2. The van der Waals surface area contributed by atoms with Crippen LogP contribution in [0.1, 0.15) is 34.0 Å². The fraction of sp³-hybridized carbons (Fsp3) is 0.120. The number of rotatable bonds is 3. The summed E-state index contributed by atoms with van der Waals surface area (Å²) in [7, 11) is 1.61. The number of anilines is 1. The highest BCUT2D eigenvalue weighted by molar-refractivity contribution is 5.97. The molecule has 0 unspecified atom stereocenters. The van der Waals surface area contributed by atoms with Gasteiger partial charge in [0.1, 0.15) is 5.75 Å². The van der Waals surface area contributed by atoms with Gasteiger partial charge in [-0.2, -0.15) is 0 Å². The van der Waals surface area contributed by atoms with E-state index in [4.69, 9.17) is 4.74 Å². The second kappa shape index (κ2) is 7.87. The number of benzene rings is 3. The Morgan fingerprint density at radius 3 is 2.47 bits per heavy atom. The molecule has 3 aromatic rings. The maximum absolute atomic E-state index is 12.5. The molecule has 0 fully saturated rings. The third kappa shape index (κ3) is 3.57. The van der Waals surface area contributed by atoms with Crippen LogP contribution in [0.2, 0.25) is 0 Å². The van der Waals surface area contributed by atoms with E-state index < -0.39 is 5.97 Å². The van der Waals surface area contributed by atoms with E-state index >= 15 is 0 Å². The lowest BCUT2D eigenvalue weighted by molar-refractivity contribution is -0.116. The van der Waals surface area contributed by atoms with E-state index in [1.54, 1.807) is 37.1 Å². The highest BCUT2D eigenvalue weighted by Gasteiger charge is 2.20. The van der Waals surface area contributed by atoms with Crippen LogP contribution in [0.4, 0.5) is 5.69 Å². The Kier molecular flexibility index (Phi) is 5.11. The molecule has 0 bridgehead atoms. The Bertz CT molecular complexity index is 1180. The van der Waals surface area contributed by atoms with Crippen molar-refractivity contribution in [3.05, 3.63) is 82.9 Å². The Hall–Kier alpha value is -3.86. The van der Waals surface area contributed by atoms with E-state index in [0.717, 1.165) is 33.7 Å². The molecule has 0 saturated heterocycles. The number of aromatic carboxylic acids is 1. The van der Waals surface area contributed by atoms with Crippen LogP contribution in [-0.2, 0) is 11.3 Å². The van der Waals surface area contributed by atoms with Gasteiger partial charge >= 0.3 is 5.97 Å². The van der Waals surface area contributed by atoms with Gasteiger partial charge in [-0.1, -0.05) is 42.5 Å². The number of hydrogen-bond donors (Lipinski definition) is 1. The van der Waals surface area contributed by atoms with Gasteiger partial charge in [0.15, 0.2) is 0 Å². The number of carboxylic acid groups (broad SMARTS) is 1. The number of amides is 1. The molecule has 1 amide bonds. The van der Waals surface area contributed by atoms with Crippen LogP contribution in [0.5, 0.6) is 5.75 Å². The molecule has 150 valence electrons. The van der Waals surface area contributed by atoms with Gasteiger partial charge in [0.05, 0.1) is 24.9 Å². The maximum Gasteiger partial charge on any atom is 0.336 e. The average molecular weight is 399 g/mol. The summed E-state index contributed by atoms with van der Waals surface area (Å²) in [6.07, 6.45) is 3.98. The summed E-state index contributed by atoms with van der Waals surface area (Å²) in [5, 5.41) is 9.54. The molecule has 1 aliphatic rings. The van der Waals surface area contributed by atoms with Gasteiger partial charge in [-0.05, 0) is 52.6 Å². The summed E-state index contributed by atoms with van der Waals surface area (Å²) in [4.78, 5) is 25.8. The van der Waals surface area contributed by atoms with Crippen LogP contribution in [0.15, 0.2) is 60.7 Å². The minimum Gasteiger partial charge on any atom is -0.497 e. The Balaban J connectivity index is 1.85. The summed E-state index contributed by atoms with van der Waals surface area (Å²) in [6.45, 7) is 1.93. The standard InChI is InChI=1S/C25H21NO4/c1-16(27)26-15-20-13-18(22-5-3-4-6-23(22)25(28)29)9-7-17(20)8-10-19-14-21(30-2)11-12-24(19)26/h3-14H,15H2,1-2H3,(H,28,29). The van der Waals surface area contributed by atoms with Crippen LogP contribution in [0.3, 0.4) is 0 Å². The maximum atomic E-state index is 12.5. The minimum atomic E-state index is -0.967. The molecule has 0 aliphatic carbocycles. The molecule has 4 rings (SSSR count). The van der Waals surface area contributed by atoms with Crippen LogP contribution in [0.25, 0.3) is 23.3 Å². The van der Waals surface area contributed by atoms with Gasteiger partial charge in [0.25, 0.3) is 0 Å². The van der Waals surface area contributed by atoms with E-state index in [1.165, 1.54) is 0 Å². The van der Waals surface area contributed by atoms with Gasteiger partial charge in [-0.25, -0.2) is 4.79 Å². The number of methoxy groups -OCH3 is 1. The first-order chi connectivity index (χ1) is 14.5. The summed E-state index contributed by atoms with van der Waals surface area (Å²) < 4.78 is 5.33. The van der Waals surface area contributed by atoms with Crippen LogP contribution >= 0.6 is 0 Å². The van der Waals surface area contributed by atoms with Crippen molar-refractivity contribution >= 4 is 29.7 Å². The predicted octanol–water partition coefficient (Wildman–Crippen LogP) is 5.10. The first-order valence-corrected chi connectivity index (χ1v) is 9.58. The highest BCUT2D eigenvalue weighted by Crippen LogP contribution is 2.34. The van der Waals surface area contributed by atoms with E-state index in [0.29, 0.717) is 12.1 Å². The van der Waals surface area contributed by atoms with Crippen molar-refractivity contribution in [3.63, 3.8) is 0 Å². The molecule has 0 radical (unpaired) electrons. The molecular weight excluding hydrogens is 378 g/mol. The SMILES string of the molecule is COc1ccc2c(c1)C=Cc1ccc(-c3ccccc3C(=O)O)cc1CN2C(C)=O. The molecule has 0 saturated carbocycles. The zero-order chi connectivity index (χ0) is 21.3. The molecule has 1 heterocycles. The number of carboxylic acids is 1. The van der Waals surface area contributed by atoms with Crippen molar-refractivity contribution in [2.45, 2.75) is 13.5 Å². The summed E-state index contributed by atoms with van der Waals surface area (Å²) in [5.41, 5.74) is 5.33. The van der Waals surface area contributed by atoms with Crippen molar-refractivity contribution < 1.29 is 19.4 Å². The van der Waals surface area contributed by atoms with Crippen molar-refractivity contribution in [1.29, 1.82) is 0 Å². The second-order valence-corrected chi connectivity index (χ2v) is 7.13. The Morgan fingerprint density at radius 1 is 0.967 bits per heavy atom. The highest BCUT2D eigenvalue weighted by atomic mass is 16.5. The van der Waals surface area contributed by atoms with Crippen molar-refractivity contribution in [1.82, 2.24) is 0 Å². The number of carbonyl (C=O) groups excluding carboxylic acids is 1. The number of carbonyl (C=O) groups is 2. The molecule has 0 atom stereocenters. The molecule has 5 heteroatoms. The second-order valence-electron chi connectivity index (χ2n) is 7.13. The molecular formula is C25H21NO4. The molecule has 30 heavy (non-hydrogen) atoms. The van der Waals surface area contributed by atoms with Gasteiger partial charge in [-0.3, -0.25) is 4.79 Å². The van der Waals surface area contributed by atoms with Crippen molar-refractivity contribution in [2.24, 2.45) is 0 Å². The van der Waals surface area contributed by atoms with Gasteiger partial charge < -0.3 is 14.7 Å². The molecule has 0 aromatic heterocycles. The average Bonchev–Trinajstić information content (AvgIpc) is 2.74. The monoisotopic (exact) mass is 399 g/mol. The predicted molar refractivity (Wildman–Crippen MR) is 118 cm³/mol. The number of nitrogens with zero attached hydrogens (tertiary/aromatic N) is 1. The van der Waals surface area contributed by atoms with Crippen LogP contribution < -0.4 is 9.64 Å². The van der Waals surface area contributed by atoms with E-state index in [-0.39, 0.29) is 11.5 Å². The lowest BCUT2D eigenvalue weighted by Crippen LogP contribution is -2.29. The largest absolute Gasteiger partial charge is 0.497 e. The third-order valence-corrected chi connectivity index (χ3v) is 5.29. The fourth-order valence-corrected chi connectivity index (χ4v) is 3.75. The molecule has 5 nitrogen and oxygen atoms in total. The zero-order valence-electron chi connectivity index (χ0n) is 16.8. The van der Waals surface area contributed by atoms with Gasteiger partial charge in [-0.15, -0.1) is 0 Å². The number of ether oxygens (including phenoxy) is 1.